The number of amides is 1. The average Bonchev–Trinajstić information content (AvgIpc) is 2.98. The van der Waals surface area contributed by atoms with Crippen molar-refractivity contribution in [1.29, 1.82) is 0 Å². The first-order chi connectivity index (χ1) is 10.1. The topological polar surface area (TPSA) is 97.8 Å². The van der Waals surface area contributed by atoms with Gasteiger partial charge in [0.1, 0.15) is 5.69 Å². The third-order valence-electron chi connectivity index (χ3n) is 3.09. The number of carbonyl (C=O) groups is 2. The summed E-state index contributed by atoms with van der Waals surface area (Å²) >= 11 is 0. The van der Waals surface area contributed by atoms with E-state index in [0.29, 0.717) is 19.8 Å². The summed E-state index contributed by atoms with van der Waals surface area (Å²) in [5, 5.41) is 11.6. The maximum atomic E-state index is 12.0. The molecule has 1 aromatic heterocycles. The summed E-state index contributed by atoms with van der Waals surface area (Å²) in [5.41, 5.74) is 0.105. The van der Waals surface area contributed by atoms with E-state index in [4.69, 9.17) is 14.6 Å². The highest BCUT2D eigenvalue weighted by atomic mass is 16.5. The zero-order chi connectivity index (χ0) is 15.2. The summed E-state index contributed by atoms with van der Waals surface area (Å²) in [6.07, 6.45) is 2.26. The van der Waals surface area contributed by atoms with Gasteiger partial charge in [-0.05, 0) is 25.5 Å². The summed E-state index contributed by atoms with van der Waals surface area (Å²) in [6, 6.07) is 2.54. The van der Waals surface area contributed by atoms with Crippen molar-refractivity contribution in [1.82, 2.24) is 10.3 Å². The Morgan fingerprint density at radius 2 is 2.43 bits per heavy atom. The van der Waals surface area contributed by atoms with Crippen molar-refractivity contribution in [3.8, 4) is 0 Å². The fourth-order valence-electron chi connectivity index (χ4n) is 1.96. The lowest BCUT2D eigenvalue weighted by Gasteiger charge is -2.17. The Hall–Kier alpha value is -1.99. The van der Waals surface area contributed by atoms with Gasteiger partial charge in [0, 0.05) is 24.4 Å². The zero-order valence-electron chi connectivity index (χ0n) is 11.7. The molecule has 0 radical (unpaired) electrons. The minimum absolute atomic E-state index is 0.0869. The first kappa shape index (κ1) is 15.4. The second-order valence-corrected chi connectivity index (χ2v) is 4.93. The van der Waals surface area contributed by atoms with Gasteiger partial charge in [-0.25, -0.2) is 9.78 Å². The predicted molar refractivity (Wildman–Crippen MR) is 73.3 cm³/mol. The SMILES string of the molecule is CC(COC1CCOC1)NC(=O)c1ccnc(C(=O)O)c1. The van der Waals surface area contributed by atoms with E-state index in [9.17, 15) is 9.59 Å². The van der Waals surface area contributed by atoms with Gasteiger partial charge in [-0.3, -0.25) is 4.79 Å². The van der Waals surface area contributed by atoms with E-state index in [1.54, 1.807) is 0 Å². The monoisotopic (exact) mass is 294 g/mol. The highest BCUT2D eigenvalue weighted by Gasteiger charge is 2.18. The molecule has 2 heterocycles. The van der Waals surface area contributed by atoms with Crippen molar-refractivity contribution in [2.75, 3.05) is 19.8 Å². The number of aromatic carboxylic acids is 1. The molecule has 7 nitrogen and oxygen atoms in total. The smallest absolute Gasteiger partial charge is 0.354 e. The maximum Gasteiger partial charge on any atom is 0.354 e. The Bertz CT molecular complexity index is 514. The molecule has 0 aromatic carbocycles. The first-order valence-corrected chi connectivity index (χ1v) is 6.76. The number of carboxylic acids is 1. The molecular formula is C14H18N2O5. The molecule has 2 N–H and O–H groups in total. The molecule has 2 rings (SSSR count). The molecule has 1 saturated heterocycles. The lowest BCUT2D eigenvalue weighted by atomic mass is 10.2. The molecule has 2 atom stereocenters. The Morgan fingerprint density at radius 1 is 1.62 bits per heavy atom. The Kier molecular flexibility index (Phi) is 5.24. The molecule has 0 aliphatic carbocycles. The van der Waals surface area contributed by atoms with Crippen molar-refractivity contribution in [3.63, 3.8) is 0 Å². The molecule has 0 bridgehead atoms. The Morgan fingerprint density at radius 3 is 3.10 bits per heavy atom. The van der Waals surface area contributed by atoms with Crippen molar-refractivity contribution < 1.29 is 24.2 Å². The van der Waals surface area contributed by atoms with Crippen LogP contribution < -0.4 is 5.32 Å². The number of aromatic nitrogens is 1. The molecule has 0 spiro atoms. The van der Waals surface area contributed by atoms with Gasteiger partial charge in [-0.1, -0.05) is 0 Å². The van der Waals surface area contributed by atoms with Crippen LogP contribution in [0.1, 0.15) is 34.2 Å². The molecule has 1 aliphatic rings. The molecule has 0 saturated carbocycles. The van der Waals surface area contributed by atoms with E-state index in [1.807, 2.05) is 6.92 Å². The normalized spacial score (nSPS) is 19.2. The minimum Gasteiger partial charge on any atom is -0.477 e. The fraction of sp³-hybridized carbons (Fsp3) is 0.500. The van der Waals surface area contributed by atoms with Crippen LogP contribution in [0.15, 0.2) is 18.3 Å². The third-order valence-corrected chi connectivity index (χ3v) is 3.09. The van der Waals surface area contributed by atoms with Crippen LogP contribution in [-0.2, 0) is 9.47 Å². The van der Waals surface area contributed by atoms with Crippen LogP contribution in [0.4, 0.5) is 0 Å². The van der Waals surface area contributed by atoms with Crippen molar-refractivity contribution in [3.05, 3.63) is 29.6 Å². The maximum absolute atomic E-state index is 12.0. The molecular weight excluding hydrogens is 276 g/mol. The highest BCUT2D eigenvalue weighted by Crippen LogP contribution is 2.08. The zero-order valence-corrected chi connectivity index (χ0v) is 11.7. The van der Waals surface area contributed by atoms with E-state index >= 15 is 0 Å². The van der Waals surface area contributed by atoms with Crippen LogP contribution in [0.5, 0.6) is 0 Å². The van der Waals surface area contributed by atoms with Gasteiger partial charge in [-0.15, -0.1) is 0 Å². The molecule has 7 heteroatoms. The van der Waals surface area contributed by atoms with Gasteiger partial charge in [0.05, 0.1) is 19.3 Å². The predicted octanol–water partition coefficient (Wildman–Crippen LogP) is 0.704. The summed E-state index contributed by atoms with van der Waals surface area (Å²) in [5.74, 6) is -1.51. The molecule has 2 unspecified atom stereocenters. The lowest BCUT2D eigenvalue weighted by molar-refractivity contribution is 0.0318. The second-order valence-electron chi connectivity index (χ2n) is 4.93. The number of carbonyl (C=O) groups excluding carboxylic acids is 1. The van der Waals surface area contributed by atoms with Crippen LogP contribution in [0.2, 0.25) is 0 Å². The summed E-state index contributed by atoms with van der Waals surface area (Å²) in [6.45, 7) is 3.51. The quantitative estimate of drug-likeness (QED) is 0.801. The molecule has 1 fully saturated rings. The largest absolute Gasteiger partial charge is 0.477 e. The summed E-state index contributed by atoms with van der Waals surface area (Å²) in [4.78, 5) is 26.5. The van der Waals surface area contributed by atoms with Gasteiger partial charge in [0.25, 0.3) is 5.91 Å². The van der Waals surface area contributed by atoms with Gasteiger partial charge in [-0.2, -0.15) is 0 Å². The van der Waals surface area contributed by atoms with Crippen LogP contribution in [0.3, 0.4) is 0 Å². The average molecular weight is 294 g/mol. The summed E-state index contributed by atoms with van der Waals surface area (Å²) in [7, 11) is 0. The second kappa shape index (κ2) is 7.14. The first-order valence-electron chi connectivity index (χ1n) is 6.76. The van der Waals surface area contributed by atoms with E-state index < -0.39 is 5.97 Å². The number of hydrogen-bond acceptors (Lipinski definition) is 5. The Labute approximate surface area is 122 Å². The molecule has 1 aliphatic heterocycles. The van der Waals surface area contributed by atoms with Crippen molar-refractivity contribution >= 4 is 11.9 Å². The van der Waals surface area contributed by atoms with Crippen LogP contribution >= 0.6 is 0 Å². The van der Waals surface area contributed by atoms with Gasteiger partial charge in [0.15, 0.2) is 0 Å². The number of carboxylic acid groups (broad SMARTS) is 1. The molecule has 1 amide bonds. The summed E-state index contributed by atoms with van der Waals surface area (Å²) < 4.78 is 10.8. The van der Waals surface area contributed by atoms with Crippen LogP contribution in [0, 0.1) is 0 Å². The Balaban J connectivity index is 1.85. The number of ether oxygens (including phenoxy) is 2. The van der Waals surface area contributed by atoms with E-state index in [1.165, 1.54) is 18.3 Å². The molecule has 21 heavy (non-hydrogen) atoms. The van der Waals surface area contributed by atoms with E-state index in [2.05, 4.69) is 10.3 Å². The molecule has 114 valence electrons. The standard InChI is InChI=1S/C14H18N2O5/c1-9(7-21-11-3-5-20-8-11)16-13(17)10-2-4-15-12(6-10)14(18)19/h2,4,6,9,11H,3,5,7-8H2,1H3,(H,16,17)(H,18,19). The number of pyridine rings is 1. The number of hydrogen-bond donors (Lipinski definition) is 2. The van der Waals surface area contributed by atoms with Gasteiger partial charge >= 0.3 is 5.97 Å². The minimum atomic E-state index is -1.16. The van der Waals surface area contributed by atoms with E-state index in [-0.39, 0.29) is 29.3 Å². The van der Waals surface area contributed by atoms with Crippen molar-refractivity contribution in [2.45, 2.75) is 25.5 Å². The van der Waals surface area contributed by atoms with Gasteiger partial charge in [0.2, 0.25) is 0 Å². The van der Waals surface area contributed by atoms with Crippen LogP contribution in [-0.4, -0.2) is 53.9 Å². The number of rotatable bonds is 6. The van der Waals surface area contributed by atoms with Crippen LogP contribution in [0.25, 0.3) is 0 Å². The molecule has 1 aromatic rings. The number of nitrogens with zero attached hydrogens (tertiary/aromatic N) is 1. The van der Waals surface area contributed by atoms with Gasteiger partial charge < -0.3 is 19.9 Å². The number of nitrogens with one attached hydrogen (secondary N) is 1. The fourth-order valence-corrected chi connectivity index (χ4v) is 1.96. The lowest BCUT2D eigenvalue weighted by Crippen LogP contribution is -2.37. The highest BCUT2D eigenvalue weighted by molar-refractivity contribution is 5.96. The third kappa shape index (κ3) is 4.51. The van der Waals surface area contributed by atoms with Crippen molar-refractivity contribution in [2.24, 2.45) is 0 Å². The van der Waals surface area contributed by atoms with E-state index in [0.717, 1.165) is 6.42 Å².